The fraction of sp³-hybridized carbons (Fsp3) is 0.647. The highest BCUT2D eigenvalue weighted by Crippen LogP contribution is 2.36. The maximum absolute atomic E-state index is 9.29. The molecule has 1 saturated heterocycles. The van der Waals surface area contributed by atoms with Crippen LogP contribution in [0.2, 0.25) is 0 Å². The first kappa shape index (κ1) is 16.1. The minimum absolute atomic E-state index is 0.261. The Bertz CT molecular complexity index is 442. The van der Waals surface area contributed by atoms with Gasteiger partial charge in [-0.05, 0) is 44.4 Å². The van der Waals surface area contributed by atoms with E-state index in [1.165, 1.54) is 11.3 Å². The van der Waals surface area contributed by atoms with E-state index in [0.29, 0.717) is 12.5 Å². The zero-order chi connectivity index (χ0) is 15.2. The first-order valence-corrected chi connectivity index (χ1v) is 7.97. The number of methoxy groups -OCH3 is 1. The first-order valence-electron chi connectivity index (χ1n) is 7.97. The number of nitrogens with one attached hydrogen (secondary N) is 1. The summed E-state index contributed by atoms with van der Waals surface area (Å²) < 4.78 is 5.58. The fourth-order valence-electron chi connectivity index (χ4n) is 3.19. The molecule has 118 valence electrons. The third-order valence-electron chi connectivity index (χ3n) is 4.42. The zero-order valence-corrected chi connectivity index (χ0v) is 13.4. The van der Waals surface area contributed by atoms with E-state index in [0.717, 1.165) is 38.2 Å². The highest BCUT2D eigenvalue weighted by atomic mass is 16.5. The van der Waals surface area contributed by atoms with Crippen molar-refractivity contribution in [3.63, 3.8) is 0 Å². The minimum Gasteiger partial charge on any atom is -0.496 e. The molecule has 0 spiro atoms. The highest BCUT2D eigenvalue weighted by molar-refractivity contribution is 5.61. The van der Waals surface area contributed by atoms with Gasteiger partial charge in [0, 0.05) is 37.0 Å². The maximum atomic E-state index is 9.29. The van der Waals surface area contributed by atoms with Crippen LogP contribution >= 0.6 is 0 Å². The molecule has 4 nitrogen and oxygen atoms in total. The molecule has 0 bridgehead atoms. The molecule has 1 aromatic rings. The number of aliphatic hydroxyl groups is 1. The summed E-state index contributed by atoms with van der Waals surface area (Å²) >= 11 is 0. The number of benzene rings is 1. The second kappa shape index (κ2) is 7.66. The molecule has 0 saturated carbocycles. The smallest absolute Gasteiger partial charge is 0.125 e. The molecule has 1 fully saturated rings. The van der Waals surface area contributed by atoms with Crippen LogP contribution in [0.25, 0.3) is 0 Å². The van der Waals surface area contributed by atoms with E-state index >= 15 is 0 Å². The van der Waals surface area contributed by atoms with Gasteiger partial charge in [-0.1, -0.05) is 13.0 Å². The van der Waals surface area contributed by atoms with Gasteiger partial charge in [0.25, 0.3) is 0 Å². The van der Waals surface area contributed by atoms with E-state index in [9.17, 15) is 5.11 Å². The van der Waals surface area contributed by atoms with E-state index in [1.54, 1.807) is 7.11 Å². The Morgan fingerprint density at radius 2 is 2.10 bits per heavy atom. The van der Waals surface area contributed by atoms with Crippen molar-refractivity contribution in [3.05, 3.63) is 23.8 Å². The number of hydrogen-bond donors (Lipinski definition) is 2. The summed E-state index contributed by atoms with van der Waals surface area (Å²) in [4.78, 5) is 2.43. The van der Waals surface area contributed by atoms with Gasteiger partial charge in [-0.25, -0.2) is 0 Å². The molecule has 4 heteroatoms. The van der Waals surface area contributed by atoms with Crippen LogP contribution in [0.3, 0.4) is 0 Å². The van der Waals surface area contributed by atoms with E-state index in [4.69, 9.17) is 4.74 Å². The zero-order valence-electron chi connectivity index (χ0n) is 13.4. The van der Waals surface area contributed by atoms with Gasteiger partial charge >= 0.3 is 0 Å². The van der Waals surface area contributed by atoms with Crippen molar-refractivity contribution in [2.75, 3.05) is 38.3 Å². The first-order chi connectivity index (χ1) is 10.2. The van der Waals surface area contributed by atoms with Crippen LogP contribution in [0.15, 0.2) is 18.2 Å². The number of aliphatic hydroxyl groups excluding tert-OH is 1. The van der Waals surface area contributed by atoms with Gasteiger partial charge in [0.1, 0.15) is 5.75 Å². The van der Waals surface area contributed by atoms with E-state index in [-0.39, 0.29) is 6.04 Å². The second-order valence-electron chi connectivity index (χ2n) is 5.79. The number of piperidine rings is 1. The molecule has 1 unspecified atom stereocenters. The number of hydrogen-bond acceptors (Lipinski definition) is 4. The SMILES string of the molecule is CCNC(C)c1c(OC)cccc1N1CCC(CO)CC1. The predicted octanol–water partition coefficient (Wildman–Crippen LogP) is 2.57. The number of anilines is 1. The monoisotopic (exact) mass is 292 g/mol. The Labute approximate surface area is 128 Å². The van der Waals surface area contributed by atoms with Crippen LogP contribution in [0.5, 0.6) is 5.75 Å². The molecule has 1 aliphatic heterocycles. The minimum atomic E-state index is 0.261. The van der Waals surface area contributed by atoms with Crippen molar-refractivity contribution < 1.29 is 9.84 Å². The lowest BCUT2D eigenvalue weighted by molar-refractivity contribution is 0.203. The van der Waals surface area contributed by atoms with E-state index in [2.05, 4.69) is 36.2 Å². The van der Waals surface area contributed by atoms with Crippen molar-refractivity contribution in [2.45, 2.75) is 32.7 Å². The second-order valence-corrected chi connectivity index (χ2v) is 5.79. The average Bonchev–Trinajstić information content (AvgIpc) is 2.54. The molecule has 2 rings (SSSR count). The number of ether oxygens (including phenoxy) is 1. The summed E-state index contributed by atoms with van der Waals surface area (Å²) in [5.74, 6) is 1.41. The normalized spacial score (nSPS) is 17.8. The standard InChI is InChI=1S/C17H28N2O2/c1-4-18-13(2)17-15(6-5-7-16(17)21-3)19-10-8-14(12-20)9-11-19/h5-7,13-14,18,20H,4,8-12H2,1-3H3. The number of nitrogens with zero attached hydrogens (tertiary/aromatic N) is 1. The van der Waals surface area contributed by atoms with Crippen LogP contribution in [-0.4, -0.2) is 38.5 Å². The van der Waals surface area contributed by atoms with Crippen molar-refractivity contribution in [1.82, 2.24) is 5.32 Å². The molecule has 0 aromatic heterocycles. The summed E-state index contributed by atoms with van der Waals surface area (Å²) in [6, 6.07) is 6.55. The average molecular weight is 292 g/mol. The number of rotatable bonds is 6. The fourth-order valence-corrected chi connectivity index (χ4v) is 3.19. The molecule has 1 aliphatic rings. The Kier molecular flexibility index (Phi) is 5.88. The molecule has 21 heavy (non-hydrogen) atoms. The molecule has 1 heterocycles. The quantitative estimate of drug-likeness (QED) is 0.846. The van der Waals surface area contributed by atoms with E-state index < -0.39 is 0 Å². The Balaban J connectivity index is 2.26. The molecule has 1 aromatic carbocycles. The Morgan fingerprint density at radius 3 is 2.67 bits per heavy atom. The molecule has 0 radical (unpaired) electrons. The molecular weight excluding hydrogens is 264 g/mol. The third-order valence-corrected chi connectivity index (χ3v) is 4.42. The van der Waals surface area contributed by atoms with Crippen molar-refractivity contribution in [1.29, 1.82) is 0 Å². The van der Waals surface area contributed by atoms with Crippen molar-refractivity contribution >= 4 is 5.69 Å². The van der Waals surface area contributed by atoms with Crippen LogP contribution in [0, 0.1) is 5.92 Å². The highest BCUT2D eigenvalue weighted by Gasteiger charge is 2.23. The Morgan fingerprint density at radius 1 is 1.38 bits per heavy atom. The molecule has 1 atom stereocenters. The van der Waals surface area contributed by atoms with Gasteiger partial charge in [-0.3, -0.25) is 0 Å². The molecule has 2 N–H and O–H groups in total. The van der Waals surface area contributed by atoms with E-state index in [1.807, 2.05) is 6.07 Å². The van der Waals surface area contributed by atoms with Gasteiger partial charge < -0.3 is 20.1 Å². The maximum Gasteiger partial charge on any atom is 0.125 e. The van der Waals surface area contributed by atoms with Gasteiger partial charge in [-0.2, -0.15) is 0 Å². The van der Waals surface area contributed by atoms with Gasteiger partial charge in [-0.15, -0.1) is 0 Å². The molecular formula is C17H28N2O2. The van der Waals surface area contributed by atoms with Crippen LogP contribution in [0.4, 0.5) is 5.69 Å². The Hall–Kier alpha value is -1.26. The van der Waals surface area contributed by atoms with Crippen molar-refractivity contribution in [3.8, 4) is 5.75 Å². The van der Waals surface area contributed by atoms with Crippen LogP contribution < -0.4 is 15.0 Å². The van der Waals surface area contributed by atoms with Gasteiger partial charge in [0.2, 0.25) is 0 Å². The van der Waals surface area contributed by atoms with Crippen LogP contribution in [0.1, 0.15) is 38.3 Å². The van der Waals surface area contributed by atoms with Gasteiger partial charge in [0.15, 0.2) is 0 Å². The van der Waals surface area contributed by atoms with Crippen molar-refractivity contribution in [2.24, 2.45) is 5.92 Å². The third kappa shape index (κ3) is 3.69. The topological polar surface area (TPSA) is 44.7 Å². The molecule has 0 amide bonds. The summed E-state index contributed by atoms with van der Waals surface area (Å²) in [6.45, 7) is 7.57. The summed E-state index contributed by atoms with van der Waals surface area (Å²) in [7, 11) is 1.74. The summed E-state index contributed by atoms with van der Waals surface area (Å²) in [6.07, 6.45) is 2.12. The van der Waals surface area contributed by atoms with Gasteiger partial charge in [0.05, 0.1) is 7.11 Å². The lowest BCUT2D eigenvalue weighted by atomic mass is 9.95. The lowest BCUT2D eigenvalue weighted by Gasteiger charge is -2.35. The summed E-state index contributed by atoms with van der Waals surface area (Å²) in [5.41, 5.74) is 2.50. The largest absolute Gasteiger partial charge is 0.496 e. The van der Waals surface area contributed by atoms with Crippen LogP contribution in [-0.2, 0) is 0 Å². The lowest BCUT2D eigenvalue weighted by Crippen LogP contribution is -2.36. The molecule has 0 aliphatic carbocycles. The summed E-state index contributed by atoms with van der Waals surface area (Å²) in [5, 5.41) is 12.8. The predicted molar refractivity (Wildman–Crippen MR) is 87.1 cm³/mol.